The number of hydrogen-bond acceptors (Lipinski definition) is 1. The first-order chi connectivity index (χ1) is 8.72. The minimum Gasteiger partial charge on any atom is -0.351 e. The van der Waals surface area contributed by atoms with Crippen LogP contribution in [0.25, 0.3) is 0 Å². The fourth-order valence-electron chi connectivity index (χ4n) is 2.36. The summed E-state index contributed by atoms with van der Waals surface area (Å²) in [4.78, 5) is 0. The lowest BCUT2D eigenvalue weighted by Crippen LogP contribution is -2.20. The van der Waals surface area contributed by atoms with Crippen molar-refractivity contribution >= 4 is 0 Å². The number of aryl methyl sites for hydroxylation is 2. The Bertz CT molecular complexity index is 499. The molecule has 96 valence electrons. The van der Waals surface area contributed by atoms with Gasteiger partial charge in [0, 0.05) is 31.0 Å². The van der Waals surface area contributed by atoms with Gasteiger partial charge < -0.3 is 9.88 Å². The number of benzene rings is 1. The monoisotopic (exact) mass is 242 g/mol. The van der Waals surface area contributed by atoms with Gasteiger partial charge in [-0.1, -0.05) is 24.3 Å². The van der Waals surface area contributed by atoms with Crippen molar-refractivity contribution in [3.63, 3.8) is 0 Å². The summed E-state index contributed by atoms with van der Waals surface area (Å²) in [5.41, 5.74) is 4.08. The highest BCUT2D eigenvalue weighted by Gasteiger charge is 2.08. The van der Waals surface area contributed by atoms with Gasteiger partial charge in [0.15, 0.2) is 0 Å². The maximum Gasteiger partial charge on any atom is 0.0364 e. The van der Waals surface area contributed by atoms with Crippen molar-refractivity contribution in [1.82, 2.24) is 9.88 Å². The van der Waals surface area contributed by atoms with Gasteiger partial charge in [0.1, 0.15) is 0 Å². The van der Waals surface area contributed by atoms with Crippen molar-refractivity contribution in [3.05, 3.63) is 59.4 Å². The number of nitrogens with one attached hydrogen (secondary N) is 1. The van der Waals surface area contributed by atoms with Crippen molar-refractivity contribution in [2.24, 2.45) is 0 Å². The molecule has 0 bridgehead atoms. The molecule has 1 atom stereocenters. The van der Waals surface area contributed by atoms with E-state index < -0.39 is 0 Å². The van der Waals surface area contributed by atoms with Crippen molar-refractivity contribution in [3.8, 4) is 0 Å². The molecule has 0 spiro atoms. The Hall–Kier alpha value is -1.54. The van der Waals surface area contributed by atoms with Gasteiger partial charge in [-0.25, -0.2) is 0 Å². The maximum atomic E-state index is 3.60. The molecule has 2 heteroatoms. The lowest BCUT2D eigenvalue weighted by molar-refractivity contribution is 0.548. The van der Waals surface area contributed by atoms with Gasteiger partial charge >= 0.3 is 0 Å². The zero-order chi connectivity index (χ0) is 13.0. The van der Waals surface area contributed by atoms with Crippen LogP contribution in [0.5, 0.6) is 0 Å². The van der Waals surface area contributed by atoms with Crippen LogP contribution in [0.3, 0.4) is 0 Å². The summed E-state index contributed by atoms with van der Waals surface area (Å²) in [6.07, 6.45) is 2.13. The molecule has 1 aromatic carbocycles. The van der Waals surface area contributed by atoms with Crippen LogP contribution in [-0.2, 0) is 13.1 Å². The average Bonchev–Trinajstić information content (AvgIpc) is 2.84. The van der Waals surface area contributed by atoms with E-state index in [1.807, 2.05) is 0 Å². The predicted molar refractivity (Wildman–Crippen MR) is 76.5 cm³/mol. The Morgan fingerprint density at radius 1 is 1.17 bits per heavy atom. The smallest absolute Gasteiger partial charge is 0.0364 e. The summed E-state index contributed by atoms with van der Waals surface area (Å²) in [5, 5.41) is 3.60. The molecule has 0 aliphatic carbocycles. The average molecular weight is 242 g/mol. The third kappa shape index (κ3) is 2.82. The quantitative estimate of drug-likeness (QED) is 0.846. The molecule has 1 heterocycles. The van der Waals surface area contributed by atoms with Gasteiger partial charge in [0.25, 0.3) is 0 Å². The number of hydrogen-bond donors (Lipinski definition) is 1. The van der Waals surface area contributed by atoms with E-state index in [-0.39, 0.29) is 0 Å². The van der Waals surface area contributed by atoms with E-state index in [0.717, 1.165) is 13.1 Å². The van der Waals surface area contributed by atoms with E-state index in [9.17, 15) is 0 Å². The standard InChI is InChI=1S/C16H22N2/c1-4-18-11-7-9-15(18)12-17-14(3)16-10-6-5-8-13(16)2/h5-11,14,17H,4,12H2,1-3H3/t14-/m1/s1. The first-order valence-electron chi connectivity index (χ1n) is 6.65. The van der Waals surface area contributed by atoms with E-state index in [0.29, 0.717) is 6.04 Å². The molecular formula is C16H22N2. The van der Waals surface area contributed by atoms with Gasteiger partial charge in [0.2, 0.25) is 0 Å². The van der Waals surface area contributed by atoms with Crippen LogP contribution >= 0.6 is 0 Å². The van der Waals surface area contributed by atoms with Crippen LogP contribution in [0, 0.1) is 6.92 Å². The Kier molecular flexibility index (Phi) is 4.21. The topological polar surface area (TPSA) is 17.0 Å². The Balaban J connectivity index is 2.01. The summed E-state index contributed by atoms with van der Waals surface area (Å²) in [6.45, 7) is 8.51. The lowest BCUT2D eigenvalue weighted by atomic mass is 10.0. The third-order valence-electron chi connectivity index (χ3n) is 3.51. The molecule has 2 rings (SSSR count). The minimum atomic E-state index is 0.381. The second kappa shape index (κ2) is 5.87. The first-order valence-corrected chi connectivity index (χ1v) is 6.65. The molecule has 0 aliphatic rings. The normalized spacial score (nSPS) is 12.6. The molecule has 0 fully saturated rings. The number of nitrogens with zero attached hydrogens (tertiary/aromatic N) is 1. The summed E-state index contributed by atoms with van der Waals surface area (Å²) < 4.78 is 2.28. The van der Waals surface area contributed by atoms with E-state index in [2.05, 4.69) is 73.3 Å². The summed E-state index contributed by atoms with van der Waals surface area (Å²) in [7, 11) is 0. The SMILES string of the molecule is CCn1cccc1CN[C@H](C)c1ccccc1C. The molecule has 1 aromatic heterocycles. The Morgan fingerprint density at radius 3 is 2.67 bits per heavy atom. The molecule has 0 unspecified atom stereocenters. The summed E-state index contributed by atoms with van der Waals surface area (Å²) in [5.74, 6) is 0. The highest BCUT2D eigenvalue weighted by molar-refractivity contribution is 5.28. The lowest BCUT2D eigenvalue weighted by Gasteiger charge is -2.17. The molecule has 2 aromatic rings. The van der Waals surface area contributed by atoms with Crippen molar-refractivity contribution in [2.45, 2.75) is 39.9 Å². The third-order valence-corrected chi connectivity index (χ3v) is 3.51. The van der Waals surface area contributed by atoms with E-state index in [1.54, 1.807) is 0 Å². The minimum absolute atomic E-state index is 0.381. The Labute approximate surface area is 110 Å². The molecule has 18 heavy (non-hydrogen) atoms. The molecule has 1 N–H and O–H groups in total. The van der Waals surface area contributed by atoms with Crippen LogP contribution in [0.15, 0.2) is 42.6 Å². The van der Waals surface area contributed by atoms with Crippen LogP contribution in [0.4, 0.5) is 0 Å². The maximum absolute atomic E-state index is 3.60. The molecular weight excluding hydrogens is 220 g/mol. The highest BCUT2D eigenvalue weighted by atomic mass is 15.0. The largest absolute Gasteiger partial charge is 0.351 e. The second-order valence-corrected chi connectivity index (χ2v) is 4.74. The van der Waals surface area contributed by atoms with E-state index in [1.165, 1.54) is 16.8 Å². The van der Waals surface area contributed by atoms with E-state index >= 15 is 0 Å². The van der Waals surface area contributed by atoms with Crippen molar-refractivity contribution in [1.29, 1.82) is 0 Å². The number of rotatable bonds is 5. The molecule has 0 saturated heterocycles. The molecule has 0 aliphatic heterocycles. The number of aromatic nitrogens is 1. The fraction of sp³-hybridized carbons (Fsp3) is 0.375. The zero-order valence-corrected chi connectivity index (χ0v) is 11.5. The van der Waals surface area contributed by atoms with Crippen LogP contribution in [-0.4, -0.2) is 4.57 Å². The van der Waals surface area contributed by atoms with Gasteiger partial charge in [-0.15, -0.1) is 0 Å². The summed E-state index contributed by atoms with van der Waals surface area (Å²) >= 11 is 0. The van der Waals surface area contributed by atoms with Crippen LogP contribution in [0.1, 0.15) is 36.7 Å². The summed E-state index contributed by atoms with van der Waals surface area (Å²) in [6, 6.07) is 13.2. The molecule has 2 nitrogen and oxygen atoms in total. The van der Waals surface area contributed by atoms with Gasteiger partial charge in [0.05, 0.1) is 0 Å². The van der Waals surface area contributed by atoms with E-state index in [4.69, 9.17) is 0 Å². The molecule has 0 amide bonds. The molecule has 0 radical (unpaired) electrons. The second-order valence-electron chi connectivity index (χ2n) is 4.74. The fourth-order valence-corrected chi connectivity index (χ4v) is 2.36. The van der Waals surface area contributed by atoms with Gasteiger partial charge in [-0.05, 0) is 44.0 Å². The van der Waals surface area contributed by atoms with Gasteiger partial charge in [-0.2, -0.15) is 0 Å². The Morgan fingerprint density at radius 2 is 1.94 bits per heavy atom. The first kappa shape index (κ1) is 12.9. The predicted octanol–water partition coefficient (Wildman–Crippen LogP) is 3.67. The van der Waals surface area contributed by atoms with Crippen molar-refractivity contribution in [2.75, 3.05) is 0 Å². The highest BCUT2D eigenvalue weighted by Crippen LogP contribution is 2.17. The molecule has 0 saturated carbocycles. The van der Waals surface area contributed by atoms with Gasteiger partial charge in [-0.3, -0.25) is 0 Å². The zero-order valence-electron chi connectivity index (χ0n) is 11.5. The van der Waals surface area contributed by atoms with Crippen molar-refractivity contribution < 1.29 is 0 Å². The van der Waals surface area contributed by atoms with Crippen LogP contribution < -0.4 is 5.32 Å². The van der Waals surface area contributed by atoms with Crippen LogP contribution in [0.2, 0.25) is 0 Å².